The van der Waals surface area contributed by atoms with Crippen LogP contribution < -0.4 is 0 Å². The molecular weight excluding hydrogens is 504 g/mol. The number of allylic oxidation sites excluding steroid dienone is 4. The number of halogens is 1. The van der Waals surface area contributed by atoms with Gasteiger partial charge in [0.25, 0.3) is 0 Å². The minimum atomic E-state index is -3.55. The molecule has 0 unspecified atom stereocenters. The fraction of sp³-hybridized carbons (Fsp3) is 0.857. The second kappa shape index (κ2) is 8.80. The number of hydrogen-bond donors (Lipinski definition) is 0. The Morgan fingerprint density at radius 3 is 1.06 bits per heavy atom. The van der Waals surface area contributed by atoms with Crippen molar-refractivity contribution >= 4 is 17.6 Å². The molecule has 0 aliphatic heterocycles. The van der Waals surface area contributed by atoms with E-state index in [-0.39, 0.29) is 0 Å². The molecule has 31 heavy (non-hydrogen) atoms. The van der Waals surface area contributed by atoms with Crippen LogP contribution in [-0.4, -0.2) is 17.0 Å². The van der Waals surface area contributed by atoms with Crippen molar-refractivity contribution in [2.24, 2.45) is 0 Å². The van der Waals surface area contributed by atoms with Crippen molar-refractivity contribution in [3.8, 4) is 0 Å². The minimum absolute atomic E-state index is 0.385. The summed E-state index contributed by atoms with van der Waals surface area (Å²) in [7, 11) is 3.81. The molecule has 0 aromatic rings. The predicted octanol–water partition coefficient (Wildman–Crippen LogP) is 11.5. The summed E-state index contributed by atoms with van der Waals surface area (Å²) in [4.78, 5) is 0. The summed E-state index contributed by atoms with van der Waals surface area (Å²) < 4.78 is 0.425. The van der Waals surface area contributed by atoms with Crippen LogP contribution in [-0.2, 0) is 10.3 Å². The molecule has 0 saturated heterocycles. The molecule has 3 saturated carbocycles. The third-order valence-corrected chi connectivity index (χ3v) is 20.0. The standard InChI is InChI=1S/C18H33P.C5H5.5CH3.ClH.Ru/c1-4-10-16(11-5-1)19(17-12-6-2-7-13-17)18-14-8-3-9-15-18;1-2-4-5-3-1;;;;;;;/h16-18H,1-15H2;1-5H;5*1H3;1H;/q;;;;;;;;+1/p-1. The molecule has 4 rings (SSSR count). The molecular formula is C28H53ClPRu. The van der Waals surface area contributed by atoms with E-state index in [1.165, 1.54) is 36.2 Å². The van der Waals surface area contributed by atoms with Gasteiger partial charge in [0.1, 0.15) is 0 Å². The van der Waals surface area contributed by atoms with Crippen molar-refractivity contribution in [1.29, 1.82) is 0 Å². The van der Waals surface area contributed by atoms with E-state index in [4.69, 9.17) is 9.69 Å². The van der Waals surface area contributed by atoms with Crippen molar-refractivity contribution in [3.63, 3.8) is 0 Å². The first-order chi connectivity index (χ1) is 14.3. The van der Waals surface area contributed by atoms with Gasteiger partial charge in [-0.25, -0.2) is 0 Å². The summed E-state index contributed by atoms with van der Waals surface area (Å²) in [6, 6.07) is 0. The molecule has 0 atom stereocenters. The van der Waals surface area contributed by atoms with Gasteiger partial charge in [-0.1, -0.05) is 65.7 Å². The Balaban J connectivity index is 0.000000196. The van der Waals surface area contributed by atoms with Crippen molar-refractivity contribution in [2.75, 3.05) is 0 Å². The normalized spacial score (nSPS) is 28.4. The van der Waals surface area contributed by atoms with E-state index >= 15 is 0 Å². The molecule has 0 radical (unpaired) electrons. The monoisotopic (exact) mass is 557 g/mol. The van der Waals surface area contributed by atoms with E-state index in [9.17, 15) is 0 Å². The van der Waals surface area contributed by atoms with Crippen LogP contribution in [0.1, 0.15) is 96.3 Å². The molecule has 0 spiro atoms. The molecule has 0 heterocycles. The van der Waals surface area contributed by atoms with Gasteiger partial charge in [0.2, 0.25) is 0 Å². The first-order valence-electron chi connectivity index (χ1n) is 13.0. The Morgan fingerprint density at radius 2 is 0.839 bits per heavy atom. The van der Waals surface area contributed by atoms with Crippen LogP contribution >= 0.6 is 17.6 Å². The average molecular weight is 557 g/mol. The zero-order valence-corrected chi connectivity index (χ0v) is 24.8. The summed E-state index contributed by atoms with van der Waals surface area (Å²) in [6.45, 7) is 0. The summed E-state index contributed by atoms with van der Waals surface area (Å²) in [5.41, 5.74) is 14.9. The molecule has 0 aromatic carbocycles. The molecule has 0 N–H and O–H groups in total. The van der Waals surface area contributed by atoms with E-state index in [0.717, 1.165) is 0 Å². The summed E-state index contributed by atoms with van der Waals surface area (Å²) in [6.07, 6.45) is 32.2. The van der Waals surface area contributed by atoms with Gasteiger partial charge in [0, 0.05) is 0 Å². The summed E-state index contributed by atoms with van der Waals surface area (Å²) >= 11 is 0. The summed E-state index contributed by atoms with van der Waals surface area (Å²) in [5, 5.41) is 0. The van der Waals surface area contributed by atoms with Crippen LogP contribution in [0, 0.1) is 0 Å². The maximum absolute atomic E-state index is 6.97. The first-order valence-corrected chi connectivity index (χ1v) is 26.5. The third kappa shape index (κ3) is 8.22. The van der Waals surface area contributed by atoms with Gasteiger partial charge in [0.15, 0.2) is 0 Å². The van der Waals surface area contributed by atoms with Crippen LogP contribution in [0.25, 0.3) is 0 Å². The number of hydrogen-bond acceptors (Lipinski definition) is 0. The molecule has 0 nitrogen and oxygen atoms in total. The van der Waals surface area contributed by atoms with Crippen molar-refractivity contribution in [3.05, 3.63) is 24.3 Å². The molecule has 3 fully saturated rings. The van der Waals surface area contributed by atoms with Crippen molar-refractivity contribution in [1.82, 2.24) is 0 Å². The molecule has 0 amide bonds. The van der Waals surface area contributed by atoms with Gasteiger partial charge in [-0.3, -0.25) is 0 Å². The second-order valence-electron chi connectivity index (χ2n) is 13.8. The van der Waals surface area contributed by atoms with Gasteiger partial charge in [-0.05, 0) is 55.5 Å². The van der Waals surface area contributed by atoms with Crippen LogP contribution in [0.2, 0.25) is 32.1 Å². The quantitative estimate of drug-likeness (QED) is 0.238. The predicted molar refractivity (Wildman–Crippen MR) is 145 cm³/mol. The zero-order valence-electron chi connectivity index (χ0n) is 21.4. The van der Waals surface area contributed by atoms with Gasteiger partial charge in [0.05, 0.1) is 0 Å². The average Bonchev–Trinajstić information content (AvgIpc) is 3.27. The SMILES string of the molecule is C1CCC(P(C2CCCCC2)C2CCCCC2)CC1.[CH3][Ru]([CH3])([CH3])([CH3])([CH3])([Cl])[CH]1C=CC=C1. The Hall–Kier alpha value is 0.823. The second-order valence-corrected chi connectivity index (χ2v) is 52.9. The van der Waals surface area contributed by atoms with E-state index in [1.54, 1.807) is 77.0 Å². The van der Waals surface area contributed by atoms with Gasteiger partial charge < -0.3 is 0 Å². The molecule has 3 heteroatoms. The molecule has 185 valence electrons. The van der Waals surface area contributed by atoms with Gasteiger partial charge in [-0.2, -0.15) is 0 Å². The van der Waals surface area contributed by atoms with Crippen LogP contribution in [0.3, 0.4) is 0 Å². The first kappa shape index (κ1) is 26.4. The molecule has 0 bridgehead atoms. The molecule has 4 aliphatic carbocycles. The van der Waals surface area contributed by atoms with E-state index < -0.39 is 10.3 Å². The van der Waals surface area contributed by atoms with E-state index in [0.29, 0.717) is 12.4 Å². The Morgan fingerprint density at radius 1 is 0.548 bits per heavy atom. The fourth-order valence-electron chi connectivity index (χ4n) is 6.16. The van der Waals surface area contributed by atoms with Crippen LogP contribution in [0.4, 0.5) is 0 Å². The molecule has 4 aliphatic rings. The van der Waals surface area contributed by atoms with E-state index in [2.05, 4.69) is 51.9 Å². The topological polar surface area (TPSA) is 0 Å². The Bertz CT molecular complexity index is 588. The van der Waals surface area contributed by atoms with Crippen molar-refractivity contribution in [2.45, 2.75) is 145 Å². The zero-order chi connectivity index (χ0) is 22.7. The van der Waals surface area contributed by atoms with Crippen LogP contribution in [0.5, 0.6) is 0 Å². The Kier molecular flexibility index (Phi) is 7.50. The van der Waals surface area contributed by atoms with Gasteiger partial charge >= 0.3 is 76.4 Å². The summed E-state index contributed by atoms with van der Waals surface area (Å²) in [5.74, 6) is 0. The third-order valence-electron chi connectivity index (χ3n) is 7.95. The van der Waals surface area contributed by atoms with Crippen molar-refractivity contribution < 1.29 is 10.3 Å². The van der Waals surface area contributed by atoms with E-state index in [1.807, 2.05) is 0 Å². The molecule has 0 aromatic heterocycles. The van der Waals surface area contributed by atoms with Gasteiger partial charge in [-0.15, -0.1) is 0 Å². The number of rotatable bonds is 4. The Labute approximate surface area is 196 Å². The fourth-order valence-corrected chi connectivity index (χ4v) is 15.4. The maximum atomic E-state index is 6.97. The van der Waals surface area contributed by atoms with Crippen LogP contribution in [0.15, 0.2) is 24.3 Å².